The number of carbonyl (C=O) groups excluding carboxylic acids is 1. The number of aliphatic hydroxyl groups excluding tert-OH is 1. The van der Waals surface area contributed by atoms with Gasteiger partial charge in [-0.15, -0.1) is 0 Å². The van der Waals surface area contributed by atoms with Gasteiger partial charge in [0.1, 0.15) is 5.82 Å². The minimum Gasteiger partial charge on any atom is -0.396 e. The molecule has 0 bridgehead atoms. The van der Waals surface area contributed by atoms with E-state index in [0.717, 1.165) is 17.3 Å². The van der Waals surface area contributed by atoms with Gasteiger partial charge in [-0.3, -0.25) is 0 Å². The fraction of sp³-hybridized carbons (Fsp3) is 0.500. The van der Waals surface area contributed by atoms with E-state index in [1.165, 1.54) is 12.1 Å². The van der Waals surface area contributed by atoms with Gasteiger partial charge in [-0.05, 0) is 42.5 Å². The fourth-order valence-corrected chi connectivity index (χ4v) is 2.67. The average Bonchev–Trinajstić information content (AvgIpc) is 2.48. The molecule has 20 heavy (non-hydrogen) atoms. The maximum absolute atomic E-state index is 13.1. The summed E-state index contributed by atoms with van der Waals surface area (Å²) in [5, 5.41) is 11.9. The summed E-state index contributed by atoms with van der Waals surface area (Å²) in [7, 11) is 0. The van der Waals surface area contributed by atoms with Crippen molar-refractivity contribution >= 4 is 22.0 Å². The second-order valence-corrected chi connectivity index (χ2v) is 5.86. The Morgan fingerprint density at radius 1 is 1.45 bits per heavy atom. The standard InChI is InChI=1S/C14H18BrFN2O2/c15-13-2-1-12(16)7-11(13)8-17-14(20)18-5-3-10(9-19)4-6-18/h1-2,7,10,19H,3-6,8-9H2,(H,17,20). The van der Waals surface area contributed by atoms with Crippen molar-refractivity contribution in [3.63, 3.8) is 0 Å². The smallest absolute Gasteiger partial charge is 0.317 e. The molecule has 6 heteroatoms. The van der Waals surface area contributed by atoms with E-state index in [4.69, 9.17) is 5.11 Å². The second-order valence-electron chi connectivity index (χ2n) is 5.01. The van der Waals surface area contributed by atoms with Crippen LogP contribution in [-0.2, 0) is 6.54 Å². The lowest BCUT2D eigenvalue weighted by atomic mass is 9.98. The van der Waals surface area contributed by atoms with Crippen LogP contribution < -0.4 is 5.32 Å². The molecule has 1 aromatic rings. The lowest BCUT2D eigenvalue weighted by molar-refractivity contribution is 0.137. The molecule has 1 aliphatic rings. The minimum absolute atomic E-state index is 0.141. The minimum atomic E-state index is -0.318. The van der Waals surface area contributed by atoms with E-state index in [9.17, 15) is 9.18 Å². The van der Waals surface area contributed by atoms with Gasteiger partial charge in [0.15, 0.2) is 0 Å². The highest BCUT2D eigenvalue weighted by Gasteiger charge is 2.22. The zero-order valence-electron chi connectivity index (χ0n) is 11.1. The van der Waals surface area contributed by atoms with Crippen LogP contribution in [0.25, 0.3) is 0 Å². The maximum atomic E-state index is 13.1. The number of rotatable bonds is 3. The number of nitrogens with one attached hydrogen (secondary N) is 1. The first-order valence-corrected chi connectivity index (χ1v) is 7.47. The van der Waals surface area contributed by atoms with Crippen LogP contribution in [0.3, 0.4) is 0 Å². The van der Waals surface area contributed by atoms with Crippen LogP contribution >= 0.6 is 15.9 Å². The van der Waals surface area contributed by atoms with Gasteiger partial charge in [-0.1, -0.05) is 15.9 Å². The van der Waals surface area contributed by atoms with Crippen molar-refractivity contribution in [1.29, 1.82) is 0 Å². The monoisotopic (exact) mass is 344 g/mol. The molecular weight excluding hydrogens is 327 g/mol. The van der Waals surface area contributed by atoms with Gasteiger partial charge in [0.25, 0.3) is 0 Å². The van der Waals surface area contributed by atoms with Gasteiger partial charge in [-0.25, -0.2) is 9.18 Å². The Bertz CT molecular complexity index is 476. The van der Waals surface area contributed by atoms with E-state index in [0.29, 0.717) is 24.6 Å². The molecule has 1 aliphatic heterocycles. The van der Waals surface area contributed by atoms with E-state index in [2.05, 4.69) is 21.2 Å². The maximum Gasteiger partial charge on any atom is 0.317 e. The molecule has 0 atom stereocenters. The molecule has 1 fully saturated rings. The van der Waals surface area contributed by atoms with Crippen molar-refractivity contribution in [3.05, 3.63) is 34.1 Å². The Balaban J connectivity index is 1.85. The summed E-state index contributed by atoms with van der Waals surface area (Å²) in [6, 6.07) is 4.26. The topological polar surface area (TPSA) is 52.6 Å². The predicted octanol–water partition coefficient (Wildman–Crippen LogP) is 2.50. The Morgan fingerprint density at radius 3 is 2.80 bits per heavy atom. The van der Waals surface area contributed by atoms with Gasteiger partial charge in [0.05, 0.1) is 0 Å². The van der Waals surface area contributed by atoms with Crippen molar-refractivity contribution in [3.8, 4) is 0 Å². The lowest BCUT2D eigenvalue weighted by Crippen LogP contribution is -2.44. The molecule has 2 N–H and O–H groups in total. The van der Waals surface area contributed by atoms with E-state index < -0.39 is 0 Å². The Hall–Kier alpha value is -1.14. The predicted molar refractivity (Wildman–Crippen MR) is 77.7 cm³/mol. The van der Waals surface area contributed by atoms with Crippen LogP contribution in [0.4, 0.5) is 9.18 Å². The van der Waals surface area contributed by atoms with Crippen LogP contribution in [0, 0.1) is 11.7 Å². The van der Waals surface area contributed by atoms with Crippen molar-refractivity contribution in [2.45, 2.75) is 19.4 Å². The molecule has 2 amide bonds. The van der Waals surface area contributed by atoms with Gasteiger partial charge in [0, 0.05) is 30.7 Å². The number of likely N-dealkylation sites (tertiary alicyclic amines) is 1. The molecule has 1 saturated heterocycles. The summed E-state index contributed by atoms with van der Waals surface area (Å²) >= 11 is 3.33. The van der Waals surface area contributed by atoms with E-state index in [1.54, 1.807) is 11.0 Å². The first kappa shape index (κ1) is 15.3. The van der Waals surface area contributed by atoms with Crippen molar-refractivity contribution < 1.29 is 14.3 Å². The third kappa shape index (κ3) is 3.93. The molecule has 1 heterocycles. The first-order chi connectivity index (χ1) is 9.60. The van der Waals surface area contributed by atoms with Crippen molar-refractivity contribution in [2.24, 2.45) is 5.92 Å². The SMILES string of the molecule is O=C(NCc1cc(F)ccc1Br)N1CCC(CO)CC1. The normalized spacial score (nSPS) is 16.2. The number of carbonyl (C=O) groups is 1. The van der Waals surface area contributed by atoms with Crippen molar-refractivity contribution in [2.75, 3.05) is 19.7 Å². The quantitative estimate of drug-likeness (QED) is 0.885. The molecule has 0 unspecified atom stereocenters. The summed E-state index contributed by atoms with van der Waals surface area (Å²) in [4.78, 5) is 13.7. The zero-order valence-corrected chi connectivity index (χ0v) is 12.7. The highest BCUT2D eigenvalue weighted by atomic mass is 79.9. The number of hydrogen-bond acceptors (Lipinski definition) is 2. The van der Waals surface area contributed by atoms with Crippen LogP contribution in [0.15, 0.2) is 22.7 Å². The van der Waals surface area contributed by atoms with Crippen LogP contribution in [-0.4, -0.2) is 35.7 Å². The van der Waals surface area contributed by atoms with E-state index >= 15 is 0 Å². The molecule has 0 radical (unpaired) electrons. The molecule has 0 aliphatic carbocycles. The fourth-order valence-electron chi connectivity index (χ4n) is 2.28. The summed E-state index contributed by atoms with van der Waals surface area (Å²) in [6.07, 6.45) is 1.65. The average molecular weight is 345 g/mol. The van der Waals surface area contributed by atoms with E-state index in [1.807, 2.05) is 0 Å². The summed E-state index contributed by atoms with van der Waals surface area (Å²) < 4.78 is 13.9. The van der Waals surface area contributed by atoms with Gasteiger partial charge < -0.3 is 15.3 Å². The number of amides is 2. The molecule has 0 aromatic heterocycles. The molecule has 4 nitrogen and oxygen atoms in total. The third-order valence-corrected chi connectivity index (χ3v) is 4.37. The van der Waals surface area contributed by atoms with Crippen LogP contribution in [0.5, 0.6) is 0 Å². The summed E-state index contributed by atoms with van der Waals surface area (Å²) in [5.41, 5.74) is 0.712. The number of piperidine rings is 1. The third-order valence-electron chi connectivity index (χ3n) is 3.60. The molecule has 1 aromatic carbocycles. The Kier molecular flexibility index (Phi) is 5.37. The lowest BCUT2D eigenvalue weighted by Gasteiger charge is -2.31. The molecule has 0 saturated carbocycles. The number of nitrogens with zero attached hydrogens (tertiary/aromatic N) is 1. The number of hydrogen-bond donors (Lipinski definition) is 2. The number of aliphatic hydroxyl groups is 1. The Morgan fingerprint density at radius 2 is 2.15 bits per heavy atom. The van der Waals surface area contributed by atoms with Crippen molar-refractivity contribution in [1.82, 2.24) is 10.2 Å². The zero-order chi connectivity index (χ0) is 14.5. The van der Waals surface area contributed by atoms with E-state index in [-0.39, 0.29) is 25.0 Å². The number of urea groups is 1. The molecule has 0 spiro atoms. The number of halogens is 2. The molecule has 110 valence electrons. The molecule has 2 rings (SSSR count). The van der Waals surface area contributed by atoms with Crippen LogP contribution in [0.1, 0.15) is 18.4 Å². The van der Waals surface area contributed by atoms with Gasteiger partial charge >= 0.3 is 6.03 Å². The summed E-state index contributed by atoms with van der Waals surface area (Å²) in [6.45, 7) is 1.78. The number of benzene rings is 1. The summed E-state index contributed by atoms with van der Waals surface area (Å²) in [5.74, 6) is -0.0161. The molecular formula is C14H18BrFN2O2. The van der Waals surface area contributed by atoms with Gasteiger partial charge in [0.2, 0.25) is 0 Å². The first-order valence-electron chi connectivity index (χ1n) is 6.67. The Labute approximate surface area is 126 Å². The van der Waals surface area contributed by atoms with Crippen LogP contribution in [0.2, 0.25) is 0 Å². The van der Waals surface area contributed by atoms with Gasteiger partial charge in [-0.2, -0.15) is 0 Å². The highest BCUT2D eigenvalue weighted by molar-refractivity contribution is 9.10. The largest absolute Gasteiger partial charge is 0.396 e. The second kappa shape index (κ2) is 7.04. The highest BCUT2D eigenvalue weighted by Crippen LogP contribution is 2.19.